The summed E-state index contributed by atoms with van der Waals surface area (Å²) in [5.41, 5.74) is 0. The van der Waals surface area contributed by atoms with E-state index in [0.29, 0.717) is 4.09 Å². The van der Waals surface area contributed by atoms with Gasteiger partial charge in [-0.1, -0.05) is 48.5 Å². The van der Waals surface area contributed by atoms with Gasteiger partial charge in [0.2, 0.25) is 0 Å². The van der Waals surface area contributed by atoms with Crippen molar-refractivity contribution in [3.63, 3.8) is 0 Å². The molecule has 0 saturated heterocycles. The molecule has 0 amide bonds. The monoisotopic (exact) mass is 344 g/mol. The molecule has 1 unspecified atom stereocenters. The third-order valence-corrected chi connectivity index (χ3v) is 3.18. The molecule has 0 saturated carbocycles. The van der Waals surface area contributed by atoms with E-state index in [1.807, 2.05) is 0 Å². The zero-order chi connectivity index (χ0) is 19.7. The number of rotatable bonds is 3. The molecule has 0 aliphatic rings. The summed E-state index contributed by atoms with van der Waals surface area (Å²) in [4.78, 5) is 0. The summed E-state index contributed by atoms with van der Waals surface area (Å²) >= 11 is 6.62. The van der Waals surface area contributed by atoms with Crippen LogP contribution in [0.5, 0.6) is 0 Å². The molecule has 4 heteroatoms. The van der Waals surface area contributed by atoms with Crippen LogP contribution in [0.1, 0.15) is 60.8 Å². The van der Waals surface area contributed by atoms with Crippen molar-refractivity contribution in [1.82, 2.24) is 0 Å². The van der Waals surface area contributed by atoms with E-state index in [9.17, 15) is 0 Å². The normalized spacial score (nSPS) is 10.8. The number of unbranched alkanes of at least 4 members (excludes halogenated alkanes) is 1. The summed E-state index contributed by atoms with van der Waals surface area (Å²) in [5, 5.41) is 3.96. The Bertz CT molecular complexity index is 449. The maximum absolute atomic E-state index is 2.22. The van der Waals surface area contributed by atoms with Crippen LogP contribution in [0.4, 0.5) is 0 Å². The van der Waals surface area contributed by atoms with Crippen LogP contribution in [0.25, 0.3) is 10.8 Å². The zero-order valence-electron chi connectivity index (χ0n) is 18.5. The minimum absolute atomic E-state index is 0. The first kappa shape index (κ1) is 32.2. The first-order valence-corrected chi connectivity index (χ1v) is 10.1. The molecule has 0 aliphatic carbocycles. The number of benzene rings is 2. The molecule has 2 aromatic rings. The van der Waals surface area contributed by atoms with Crippen molar-refractivity contribution in [2.75, 3.05) is 0 Å². The zero-order valence-corrected chi connectivity index (χ0v) is 18.5. The molecule has 0 radical (unpaired) electrons. The van der Waals surface area contributed by atoms with Gasteiger partial charge in [0.15, 0.2) is 0 Å². The Balaban J connectivity index is -0.000000290. The molecule has 0 fully saturated rings. The van der Waals surface area contributed by atoms with Crippen molar-refractivity contribution < 1.29 is 0 Å². The largest absolute Gasteiger partial charge is 0.0616 e. The van der Waals surface area contributed by atoms with E-state index in [2.05, 4.69) is 143 Å². The van der Waals surface area contributed by atoms with Gasteiger partial charge in [-0.3, -0.25) is 0 Å². The van der Waals surface area contributed by atoms with Crippen LogP contribution >= 0.6 is 0 Å². The van der Waals surface area contributed by atoms with E-state index in [1.165, 1.54) is 35.1 Å². The van der Waals surface area contributed by atoms with Crippen molar-refractivity contribution in [3.8, 4) is 0 Å². The molecule has 2 aromatic carbocycles. The predicted molar refractivity (Wildman–Crippen MR) is 128 cm³/mol. The van der Waals surface area contributed by atoms with E-state index >= 15 is 0 Å². The van der Waals surface area contributed by atoms with Gasteiger partial charge in [-0.25, -0.2) is 0 Å². The van der Waals surface area contributed by atoms with E-state index in [0.717, 1.165) is 4.59 Å². The van der Waals surface area contributed by atoms with E-state index in [1.54, 1.807) is 0 Å². The number of fused-ring (bicyclic) bond motifs is 1. The van der Waals surface area contributed by atoms with Gasteiger partial charge in [0.1, 0.15) is 0 Å². The molecule has 0 nitrogen and oxygen atoms in total. The average molecular weight is 344 g/mol. The molecular formula is C22H36Li3Na. The van der Waals surface area contributed by atoms with Crippen LogP contribution < -0.4 is 0 Å². The van der Waals surface area contributed by atoms with Crippen LogP contribution in [0, 0.1) is 0 Å². The summed E-state index contributed by atoms with van der Waals surface area (Å²) in [6.45, 7) is 13.2. The van der Waals surface area contributed by atoms with Crippen LogP contribution in [0.3, 0.4) is 0 Å². The van der Waals surface area contributed by atoms with Crippen LogP contribution in [-0.4, -0.2) is 82.7 Å². The van der Waals surface area contributed by atoms with Gasteiger partial charge in [-0.2, -0.15) is 0 Å². The molecule has 26 heavy (non-hydrogen) atoms. The van der Waals surface area contributed by atoms with Crippen LogP contribution in [-0.2, 0) is 0 Å². The molecule has 128 valence electrons. The Kier molecular flexibility index (Phi) is 26.2. The fraction of sp³-hybridized carbons (Fsp3) is 0.545. The topological polar surface area (TPSA) is 0 Å². The van der Waals surface area contributed by atoms with Gasteiger partial charge in [0, 0.05) is 0 Å². The van der Waals surface area contributed by atoms with Crippen molar-refractivity contribution in [3.05, 3.63) is 48.5 Å². The van der Waals surface area contributed by atoms with Crippen molar-refractivity contribution in [2.45, 2.75) is 74.6 Å². The molecule has 0 bridgehead atoms. The molecule has 0 aromatic heterocycles. The molecule has 0 N–H and O–H groups in total. The quantitative estimate of drug-likeness (QED) is 0.572. The van der Waals surface area contributed by atoms with Crippen molar-refractivity contribution >= 4 is 93.5 Å². The van der Waals surface area contributed by atoms with Gasteiger partial charge < -0.3 is 0 Å². The molecule has 0 heterocycles. The molecular weight excluding hydrogens is 308 g/mol. The smallest absolute Gasteiger partial charge is 0.0184 e. The molecule has 1 atom stereocenters. The van der Waals surface area contributed by atoms with Crippen LogP contribution in [0.2, 0.25) is 13.8 Å². The second-order valence-corrected chi connectivity index (χ2v) is 8.50. The van der Waals surface area contributed by atoms with Gasteiger partial charge in [-0.15, -0.1) is 0 Å². The van der Waals surface area contributed by atoms with Gasteiger partial charge >= 0.3 is 157 Å². The van der Waals surface area contributed by atoms with E-state index < -0.39 is 0 Å². The second-order valence-electron chi connectivity index (χ2n) is 8.50. The van der Waals surface area contributed by atoms with Gasteiger partial charge in [0.05, 0.1) is 0 Å². The third-order valence-electron chi connectivity index (χ3n) is 3.18. The Hall–Kier alpha value is 1.49. The average Bonchev–Trinajstić information content (AvgIpc) is 2.55. The minimum Gasteiger partial charge on any atom is -0.0616 e. The second kappa shape index (κ2) is 21.2. The van der Waals surface area contributed by atoms with E-state index in [-0.39, 0.29) is 29.6 Å². The maximum Gasteiger partial charge on any atom is -0.0184 e. The summed E-state index contributed by atoms with van der Waals surface area (Å²) in [6, 6.07) is 16.7. The third kappa shape index (κ3) is 27.7. The Morgan fingerprint density at radius 1 is 0.885 bits per heavy atom. The fourth-order valence-electron chi connectivity index (χ4n) is 1.49. The Labute approximate surface area is 214 Å². The number of hydrogen-bond acceptors (Lipinski definition) is 0. The first-order valence-electron chi connectivity index (χ1n) is 10.1. The fourth-order valence-corrected chi connectivity index (χ4v) is 1.49. The molecule has 0 spiro atoms. The standard InChI is InChI=1S/C10H8.3C4H9.3Li.Na.H/c1-2-6-10-8-4-3-7-9(10)5-1;1-4(2)3;2*1-3-4-2;;;;;/h1-8H;1-3H3;3H,4H2,1-2H3;1,3-4H2,2H3;;;;;. The van der Waals surface area contributed by atoms with Crippen LogP contribution in [0.15, 0.2) is 48.5 Å². The number of hydrogen-bond donors (Lipinski definition) is 0. The van der Waals surface area contributed by atoms with Crippen molar-refractivity contribution in [1.29, 1.82) is 0 Å². The summed E-state index contributed by atoms with van der Waals surface area (Å²) in [7, 11) is 0. The summed E-state index contributed by atoms with van der Waals surface area (Å²) in [6.07, 6.45) is 4.04. The molecule has 2 rings (SSSR count). The SMILES string of the molecule is [Li][CH2]CCC.[Li][CH](C)CC.[Li][C](C)(C)C.[NaH].c1ccc2ccccc2c1. The van der Waals surface area contributed by atoms with Crippen molar-refractivity contribution in [2.24, 2.45) is 0 Å². The molecule has 0 aliphatic heterocycles. The summed E-state index contributed by atoms with van der Waals surface area (Å²) < 4.78 is 1.38. The Morgan fingerprint density at radius 3 is 1.27 bits per heavy atom. The Morgan fingerprint density at radius 2 is 1.15 bits per heavy atom. The summed E-state index contributed by atoms with van der Waals surface area (Å²) in [5.74, 6) is 0. The minimum atomic E-state index is 0. The first-order chi connectivity index (χ1) is 11.7. The van der Waals surface area contributed by atoms with Gasteiger partial charge in [-0.05, 0) is 10.8 Å². The van der Waals surface area contributed by atoms with Gasteiger partial charge in [0.25, 0.3) is 0 Å². The maximum atomic E-state index is 2.22. The van der Waals surface area contributed by atoms with E-state index in [4.69, 9.17) is 0 Å². The predicted octanol–water partition coefficient (Wildman–Crippen LogP) is 6.31.